The van der Waals surface area contributed by atoms with E-state index >= 15 is 0 Å². The maximum Gasteiger partial charge on any atom is 0.213 e. The lowest BCUT2D eigenvalue weighted by atomic mass is 10.2. The van der Waals surface area contributed by atoms with Crippen molar-refractivity contribution in [1.82, 2.24) is 4.98 Å². The molecular weight excluding hydrogens is 160 g/mol. The van der Waals surface area contributed by atoms with Gasteiger partial charge in [-0.1, -0.05) is 0 Å². The van der Waals surface area contributed by atoms with E-state index in [0.717, 1.165) is 5.39 Å². The van der Waals surface area contributed by atoms with Crippen molar-refractivity contribution in [3.05, 3.63) is 42.1 Å². The van der Waals surface area contributed by atoms with Crippen molar-refractivity contribution >= 4 is 10.9 Å². The monoisotopic (exact) mass is 165 g/mol. The van der Waals surface area contributed by atoms with Gasteiger partial charge in [0.2, 0.25) is 5.95 Å². The minimum atomic E-state index is -0.590. The van der Waals surface area contributed by atoms with Gasteiger partial charge in [0.1, 0.15) is 5.82 Å². The molecule has 0 saturated carbocycles. The van der Waals surface area contributed by atoms with Gasteiger partial charge in [0.15, 0.2) is 0 Å². The summed E-state index contributed by atoms with van der Waals surface area (Å²) < 4.78 is 25.1. The van der Waals surface area contributed by atoms with Gasteiger partial charge in [-0.05, 0) is 24.3 Å². The third kappa shape index (κ3) is 1.13. The summed E-state index contributed by atoms with van der Waals surface area (Å²) in [7, 11) is 0. The molecule has 2 rings (SSSR count). The van der Waals surface area contributed by atoms with E-state index in [1.807, 2.05) is 0 Å². The van der Waals surface area contributed by atoms with Crippen LogP contribution in [-0.4, -0.2) is 4.98 Å². The quantitative estimate of drug-likeness (QED) is 0.546. The summed E-state index contributed by atoms with van der Waals surface area (Å²) in [5.74, 6) is -0.992. The fraction of sp³-hybridized carbons (Fsp3) is 0. The van der Waals surface area contributed by atoms with E-state index in [-0.39, 0.29) is 0 Å². The third-order valence-electron chi connectivity index (χ3n) is 1.62. The standard InChI is InChI=1S/C9H5F2N/c10-7-3-1-6-2-4-9(11)12-8(6)5-7/h1-5H. The normalized spacial score (nSPS) is 10.5. The average Bonchev–Trinajstić information content (AvgIpc) is 2.03. The first-order chi connectivity index (χ1) is 5.75. The van der Waals surface area contributed by atoms with E-state index in [0.29, 0.717) is 5.52 Å². The molecule has 0 aliphatic carbocycles. The van der Waals surface area contributed by atoms with Gasteiger partial charge in [0, 0.05) is 11.5 Å². The Kier molecular flexibility index (Phi) is 1.50. The predicted octanol–water partition coefficient (Wildman–Crippen LogP) is 2.51. The summed E-state index contributed by atoms with van der Waals surface area (Å²) in [5, 5.41) is 0.734. The molecule has 12 heavy (non-hydrogen) atoms. The van der Waals surface area contributed by atoms with Gasteiger partial charge in [0.25, 0.3) is 0 Å². The van der Waals surface area contributed by atoms with E-state index in [2.05, 4.69) is 4.98 Å². The number of rotatable bonds is 0. The Labute approximate surface area is 67.7 Å². The Bertz CT molecular complexity index is 389. The number of pyridine rings is 1. The fourth-order valence-corrected chi connectivity index (χ4v) is 1.07. The average molecular weight is 165 g/mol. The molecular formula is C9H5F2N. The lowest BCUT2D eigenvalue weighted by Crippen LogP contribution is -1.84. The van der Waals surface area contributed by atoms with Crippen molar-refractivity contribution in [1.29, 1.82) is 0 Å². The smallest absolute Gasteiger partial charge is 0.213 e. The van der Waals surface area contributed by atoms with Crippen LogP contribution < -0.4 is 0 Å². The zero-order chi connectivity index (χ0) is 8.55. The summed E-state index contributed by atoms with van der Waals surface area (Å²) in [5.41, 5.74) is 0.343. The Morgan fingerprint density at radius 3 is 2.58 bits per heavy atom. The highest BCUT2D eigenvalue weighted by Gasteiger charge is 1.97. The molecule has 60 valence electrons. The van der Waals surface area contributed by atoms with Crippen LogP contribution in [0, 0.1) is 11.8 Å². The van der Waals surface area contributed by atoms with Crippen LogP contribution in [0.15, 0.2) is 30.3 Å². The van der Waals surface area contributed by atoms with Gasteiger partial charge in [0.05, 0.1) is 5.52 Å². The van der Waals surface area contributed by atoms with E-state index < -0.39 is 11.8 Å². The van der Waals surface area contributed by atoms with Crippen LogP contribution in [0.4, 0.5) is 8.78 Å². The SMILES string of the molecule is Fc1ccc2ccc(F)nc2c1. The molecule has 2 aromatic rings. The summed E-state index contributed by atoms with van der Waals surface area (Å²) in [4.78, 5) is 3.53. The number of hydrogen-bond acceptors (Lipinski definition) is 1. The molecule has 0 atom stereocenters. The van der Waals surface area contributed by atoms with Gasteiger partial charge in [-0.2, -0.15) is 4.39 Å². The van der Waals surface area contributed by atoms with Gasteiger partial charge < -0.3 is 0 Å². The number of halogens is 2. The lowest BCUT2D eigenvalue weighted by Gasteiger charge is -1.95. The highest BCUT2D eigenvalue weighted by molar-refractivity contribution is 5.78. The van der Waals surface area contributed by atoms with Crippen LogP contribution in [0.2, 0.25) is 0 Å². The van der Waals surface area contributed by atoms with Crippen LogP contribution >= 0.6 is 0 Å². The molecule has 0 N–H and O–H groups in total. The van der Waals surface area contributed by atoms with Crippen LogP contribution in [0.3, 0.4) is 0 Å². The van der Waals surface area contributed by atoms with E-state index in [1.165, 1.54) is 18.2 Å². The molecule has 0 spiro atoms. The van der Waals surface area contributed by atoms with Crippen molar-refractivity contribution in [2.75, 3.05) is 0 Å². The molecule has 1 nitrogen and oxygen atoms in total. The van der Waals surface area contributed by atoms with Crippen LogP contribution in [0.5, 0.6) is 0 Å². The van der Waals surface area contributed by atoms with Crippen molar-refractivity contribution in [2.45, 2.75) is 0 Å². The number of hydrogen-bond donors (Lipinski definition) is 0. The molecule has 0 bridgehead atoms. The van der Waals surface area contributed by atoms with Crippen molar-refractivity contribution in [3.63, 3.8) is 0 Å². The van der Waals surface area contributed by atoms with E-state index in [9.17, 15) is 8.78 Å². The lowest BCUT2D eigenvalue weighted by molar-refractivity contribution is 0.588. The number of benzene rings is 1. The summed E-state index contributed by atoms with van der Waals surface area (Å²) >= 11 is 0. The zero-order valence-corrected chi connectivity index (χ0v) is 6.09. The topological polar surface area (TPSA) is 12.9 Å². The van der Waals surface area contributed by atoms with E-state index in [1.54, 1.807) is 12.1 Å². The maximum atomic E-state index is 12.6. The van der Waals surface area contributed by atoms with Crippen molar-refractivity contribution in [2.24, 2.45) is 0 Å². The molecule has 0 fully saturated rings. The zero-order valence-electron chi connectivity index (χ0n) is 6.09. The van der Waals surface area contributed by atoms with Gasteiger partial charge in [-0.25, -0.2) is 9.37 Å². The molecule has 0 aliphatic heterocycles. The summed E-state index contributed by atoms with van der Waals surface area (Å²) in [6.07, 6.45) is 0. The maximum absolute atomic E-state index is 12.6. The first kappa shape index (κ1) is 7.16. The Morgan fingerprint density at radius 1 is 1.00 bits per heavy atom. The number of nitrogens with zero attached hydrogens (tertiary/aromatic N) is 1. The predicted molar refractivity (Wildman–Crippen MR) is 41.7 cm³/mol. The Balaban J connectivity index is 2.80. The third-order valence-corrected chi connectivity index (χ3v) is 1.62. The molecule has 1 aromatic carbocycles. The van der Waals surface area contributed by atoms with Crippen molar-refractivity contribution in [3.8, 4) is 0 Å². The minimum Gasteiger partial charge on any atom is -0.220 e. The molecule has 3 heteroatoms. The fourth-order valence-electron chi connectivity index (χ4n) is 1.07. The van der Waals surface area contributed by atoms with Crippen molar-refractivity contribution < 1.29 is 8.78 Å². The first-order valence-electron chi connectivity index (χ1n) is 3.47. The summed E-state index contributed by atoms with van der Waals surface area (Å²) in [6.45, 7) is 0. The summed E-state index contributed by atoms with van der Waals surface area (Å²) in [6, 6.07) is 6.91. The van der Waals surface area contributed by atoms with Crippen LogP contribution in [0.1, 0.15) is 0 Å². The Morgan fingerprint density at radius 2 is 1.75 bits per heavy atom. The molecule has 0 radical (unpaired) electrons. The molecule has 0 aliphatic rings. The van der Waals surface area contributed by atoms with E-state index in [4.69, 9.17) is 0 Å². The molecule has 1 aromatic heterocycles. The highest BCUT2D eigenvalue weighted by atomic mass is 19.1. The number of aromatic nitrogens is 1. The van der Waals surface area contributed by atoms with Gasteiger partial charge in [-0.3, -0.25) is 0 Å². The second-order valence-electron chi connectivity index (χ2n) is 2.47. The largest absolute Gasteiger partial charge is 0.220 e. The van der Waals surface area contributed by atoms with Crippen LogP contribution in [-0.2, 0) is 0 Å². The molecule has 1 heterocycles. The van der Waals surface area contributed by atoms with Gasteiger partial charge in [-0.15, -0.1) is 0 Å². The molecule has 0 saturated heterocycles. The first-order valence-corrected chi connectivity index (χ1v) is 3.47. The van der Waals surface area contributed by atoms with Gasteiger partial charge >= 0.3 is 0 Å². The number of fused-ring (bicyclic) bond motifs is 1. The second kappa shape index (κ2) is 2.52. The molecule has 0 amide bonds. The Hall–Kier alpha value is -1.51. The van der Waals surface area contributed by atoms with Crippen LogP contribution in [0.25, 0.3) is 10.9 Å². The molecule has 0 unspecified atom stereocenters. The second-order valence-corrected chi connectivity index (χ2v) is 2.47. The highest BCUT2D eigenvalue weighted by Crippen LogP contribution is 2.12. The minimum absolute atomic E-state index is 0.343.